The molecule has 122 valence electrons. The van der Waals surface area contributed by atoms with Crippen LogP contribution in [0.4, 0.5) is 5.69 Å². The van der Waals surface area contributed by atoms with E-state index in [-0.39, 0.29) is 24.9 Å². The molecule has 1 N–H and O–H groups in total. The summed E-state index contributed by atoms with van der Waals surface area (Å²) in [6.07, 6.45) is 0. The molecule has 0 radical (unpaired) electrons. The number of hydrogen-bond acceptors (Lipinski definition) is 3. The van der Waals surface area contributed by atoms with Crippen molar-refractivity contribution in [1.29, 1.82) is 0 Å². The van der Waals surface area contributed by atoms with Crippen molar-refractivity contribution in [3.05, 3.63) is 29.3 Å². The lowest BCUT2D eigenvalue weighted by atomic mass is 10.1. The molecule has 0 aliphatic carbocycles. The molecular formula is C17H27N3O2. The van der Waals surface area contributed by atoms with E-state index >= 15 is 0 Å². The smallest absolute Gasteiger partial charge is 0.242 e. The summed E-state index contributed by atoms with van der Waals surface area (Å²) in [5, 5.41) is 3.18. The van der Waals surface area contributed by atoms with Gasteiger partial charge in [-0.1, -0.05) is 18.2 Å². The van der Waals surface area contributed by atoms with Crippen molar-refractivity contribution in [3.63, 3.8) is 0 Å². The Morgan fingerprint density at radius 1 is 1.05 bits per heavy atom. The normalized spacial score (nSPS) is 10.2. The molecule has 0 aliphatic rings. The Morgan fingerprint density at radius 2 is 1.59 bits per heavy atom. The van der Waals surface area contributed by atoms with E-state index in [4.69, 9.17) is 0 Å². The van der Waals surface area contributed by atoms with Gasteiger partial charge in [0.1, 0.15) is 0 Å². The van der Waals surface area contributed by atoms with Gasteiger partial charge in [-0.2, -0.15) is 0 Å². The van der Waals surface area contributed by atoms with E-state index in [2.05, 4.69) is 5.32 Å². The Hall–Kier alpha value is -2.04. The topological polar surface area (TPSA) is 52.7 Å². The maximum absolute atomic E-state index is 12.2. The number of carbonyl (C=O) groups excluding carboxylic acids is 2. The van der Waals surface area contributed by atoms with Gasteiger partial charge in [0.2, 0.25) is 11.8 Å². The number of amides is 2. The first kappa shape index (κ1) is 18.0. The molecule has 1 aromatic carbocycles. The van der Waals surface area contributed by atoms with Crippen LogP contribution in [0.2, 0.25) is 0 Å². The summed E-state index contributed by atoms with van der Waals surface area (Å²) in [6.45, 7) is 9.52. The van der Waals surface area contributed by atoms with Crippen molar-refractivity contribution >= 4 is 17.5 Å². The Kier molecular flexibility index (Phi) is 6.89. The fourth-order valence-corrected chi connectivity index (χ4v) is 2.36. The largest absolute Gasteiger partial charge is 0.376 e. The van der Waals surface area contributed by atoms with Gasteiger partial charge in [-0.3, -0.25) is 9.59 Å². The first-order valence-electron chi connectivity index (χ1n) is 7.72. The summed E-state index contributed by atoms with van der Waals surface area (Å²) >= 11 is 0. The van der Waals surface area contributed by atoms with Crippen LogP contribution in [-0.4, -0.2) is 54.8 Å². The highest BCUT2D eigenvalue weighted by molar-refractivity contribution is 5.87. The molecule has 0 heterocycles. The van der Waals surface area contributed by atoms with Crippen molar-refractivity contribution < 1.29 is 9.59 Å². The third-order valence-corrected chi connectivity index (χ3v) is 3.81. The van der Waals surface area contributed by atoms with Gasteiger partial charge in [0.05, 0.1) is 13.1 Å². The highest BCUT2D eigenvalue weighted by atomic mass is 16.2. The summed E-state index contributed by atoms with van der Waals surface area (Å²) < 4.78 is 0. The average molecular weight is 305 g/mol. The Bertz CT molecular complexity index is 504. The van der Waals surface area contributed by atoms with Crippen LogP contribution < -0.4 is 5.32 Å². The number of nitrogens with zero attached hydrogens (tertiary/aromatic N) is 2. The molecule has 0 fully saturated rings. The molecule has 0 atom stereocenters. The van der Waals surface area contributed by atoms with Crippen molar-refractivity contribution in [1.82, 2.24) is 9.80 Å². The van der Waals surface area contributed by atoms with Gasteiger partial charge in [-0.05, 0) is 38.8 Å². The minimum Gasteiger partial charge on any atom is -0.376 e. The monoisotopic (exact) mass is 305 g/mol. The maximum Gasteiger partial charge on any atom is 0.242 e. The summed E-state index contributed by atoms with van der Waals surface area (Å²) in [6, 6.07) is 6.01. The number of benzene rings is 1. The lowest BCUT2D eigenvalue weighted by Crippen LogP contribution is -2.42. The average Bonchev–Trinajstić information content (AvgIpc) is 2.47. The molecule has 0 aromatic heterocycles. The summed E-state index contributed by atoms with van der Waals surface area (Å²) in [5.74, 6) is -0.115. The molecule has 0 spiro atoms. The lowest BCUT2D eigenvalue weighted by molar-refractivity contribution is -0.138. The van der Waals surface area contributed by atoms with Crippen molar-refractivity contribution in [2.45, 2.75) is 27.7 Å². The van der Waals surface area contributed by atoms with Gasteiger partial charge >= 0.3 is 0 Å². The zero-order valence-corrected chi connectivity index (χ0v) is 14.3. The van der Waals surface area contributed by atoms with Crippen molar-refractivity contribution in [3.8, 4) is 0 Å². The predicted molar refractivity (Wildman–Crippen MR) is 90.0 cm³/mol. The van der Waals surface area contributed by atoms with Crippen LogP contribution in [0.3, 0.4) is 0 Å². The molecule has 0 bridgehead atoms. The molecular weight excluding hydrogens is 278 g/mol. The highest BCUT2D eigenvalue weighted by Crippen LogP contribution is 2.18. The Labute approximate surface area is 133 Å². The predicted octanol–water partition coefficient (Wildman–Crippen LogP) is 2.04. The van der Waals surface area contributed by atoms with Crippen LogP contribution in [0, 0.1) is 13.8 Å². The van der Waals surface area contributed by atoms with E-state index in [1.54, 1.807) is 11.9 Å². The second-order valence-electron chi connectivity index (χ2n) is 5.44. The van der Waals surface area contributed by atoms with Crippen LogP contribution in [0.15, 0.2) is 18.2 Å². The molecule has 0 unspecified atom stereocenters. The fourth-order valence-electron chi connectivity index (χ4n) is 2.36. The molecule has 22 heavy (non-hydrogen) atoms. The minimum atomic E-state index is -0.0943. The van der Waals surface area contributed by atoms with Crippen LogP contribution >= 0.6 is 0 Å². The SMILES string of the molecule is CCN(CC)C(=O)CN(C)C(=O)CNc1c(C)cccc1C. The molecule has 1 aromatic rings. The molecule has 5 heteroatoms. The van der Waals surface area contributed by atoms with Crippen LogP contribution in [-0.2, 0) is 9.59 Å². The lowest BCUT2D eigenvalue weighted by Gasteiger charge is -2.23. The molecule has 1 rings (SSSR count). The van der Waals surface area contributed by atoms with Crippen molar-refractivity contribution in [2.24, 2.45) is 0 Å². The standard InChI is InChI=1S/C17H27N3O2/c1-6-20(7-2)16(22)12-19(5)15(21)11-18-17-13(3)9-8-10-14(17)4/h8-10,18H,6-7,11-12H2,1-5H3. The number of anilines is 1. The third-order valence-electron chi connectivity index (χ3n) is 3.81. The quantitative estimate of drug-likeness (QED) is 0.839. The van der Waals surface area contributed by atoms with Gasteiger partial charge in [-0.25, -0.2) is 0 Å². The number of nitrogens with one attached hydrogen (secondary N) is 1. The first-order chi connectivity index (χ1) is 10.4. The maximum atomic E-state index is 12.2. The number of hydrogen-bond donors (Lipinski definition) is 1. The minimum absolute atomic E-state index is 0.0204. The van der Waals surface area contributed by atoms with E-state index in [0.717, 1.165) is 16.8 Å². The Morgan fingerprint density at radius 3 is 2.09 bits per heavy atom. The fraction of sp³-hybridized carbons (Fsp3) is 0.529. The number of aryl methyl sites for hydroxylation is 2. The van der Waals surface area contributed by atoms with Gasteiger partial charge in [-0.15, -0.1) is 0 Å². The third kappa shape index (κ3) is 4.76. The number of carbonyl (C=O) groups is 2. The van der Waals surface area contributed by atoms with E-state index in [9.17, 15) is 9.59 Å². The molecule has 0 saturated carbocycles. The van der Waals surface area contributed by atoms with Crippen LogP contribution in [0.5, 0.6) is 0 Å². The van der Waals surface area contributed by atoms with Gasteiger partial charge in [0, 0.05) is 25.8 Å². The first-order valence-corrected chi connectivity index (χ1v) is 7.72. The van der Waals surface area contributed by atoms with Gasteiger partial charge < -0.3 is 15.1 Å². The summed E-state index contributed by atoms with van der Waals surface area (Å²) in [5.41, 5.74) is 3.20. The molecule has 0 aliphatic heterocycles. The molecule has 5 nitrogen and oxygen atoms in total. The number of para-hydroxylation sites is 1. The second-order valence-corrected chi connectivity index (χ2v) is 5.44. The number of likely N-dealkylation sites (N-methyl/N-ethyl adjacent to an activating group) is 2. The van der Waals surface area contributed by atoms with Gasteiger partial charge in [0.25, 0.3) is 0 Å². The van der Waals surface area contributed by atoms with E-state index in [0.29, 0.717) is 13.1 Å². The molecule has 0 saturated heterocycles. The van der Waals surface area contributed by atoms with Crippen LogP contribution in [0.25, 0.3) is 0 Å². The number of rotatable bonds is 7. The summed E-state index contributed by atoms with van der Waals surface area (Å²) in [4.78, 5) is 27.4. The zero-order chi connectivity index (χ0) is 16.7. The van der Waals surface area contributed by atoms with E-state index < -0.39 is 0 Å². The highest BCUT2D eigenvalue weighted by Gasteiger charge is 2.16. The summed E-state index contributed by atoms with van der Waals surface area (Å²) in [7, 11) is 1.66. The van der Waals surface area contributed by atoms with Gasteiger partial charge in [0.15, 0.2) is 0 Å². The van der Waals surface area contributed by atoms with E-state index in [1.807, 2.05) is 45.9 Å². The second kappa shape index (κ2) is 8.41. The molecule has 2 amide bonds. The van der Waals surface area contributed by atoms with E-state index in [1.165, 1.54) is 4.90 Å². The Balaban J connectivity index is 2.56. The van der Waals surface area contributed by atoms with Crippen molar-refractivity contribution in [2.75, 3.05) is 38.5 Å². The van der Waals surface area contributed by atoms with Crippen LogP contribution in [0.1, 0.15) is 25.0 Å². The zero-order valence-electron chi connectivity index (χ0n) is 14.3.